The van der Waals surface area contributed by atoms with Crippen LogP contribution >= 0.6 is 0 Å². The van der Waals surface area contributed by atoms with Gasteiger partial charge >= 0.3 is 0 Å². The lowest BCUT2D eigenvalue weighted by Crippen LogP contribution is -2.36. The van der Waals surface area contributed by atoms with Crippen molar-refractivity contribution in [1.29, 1.82) is 0 Å². The molecule has 0 bridgehead atoms. The molecule has 0 amide bonds. The van der Waals surface area contributed by atoms with Crippen molar-refractivity contribution in [3.8, 4) is 0 Å². The summed E-state index contributed by atoms with van der Waals surface area (Å²) in [5.41, 5.74) is 6.46. The van der Waals surface area contributed by atoms with E-state index in [1.54, 1.807) is 12.3 Å². The average molecular weight is 286 g/mol. The fraction of sp³-hybridized carbons (Fsp3) is 0.667. The molecule has 1 aliphatic heterocycles. The van der Waals surface area contributed by atoms with E-state index in [-0.39, 0.29) is 6.04 Å². The molecule has 3 N–H and O–H groups in total. The Balaban J connectivity index is 2.17. The Morgan fingerprint density at radius 1 is 1.53 bits per heavy atom. The predicted octanol–water partition coefficient (Wildman–Crippen LogP) is -0.0509. The lowest BCUT2D eigenvalue weighted by atomic mass is 10.3. The van der Waals surface area contributed by atoms with Crippen LogP contribution in [0.1, 0.15) is 19.0 Å². The van der Waals surface area contributed by atoms with Crippen molar-refractivity contribution in [2.24, 2.45) is 5.73 Å². The van der Waals surface area contributed by atoms with Crippen LogP contribution < -0.4 is 10.5 Å². The minimum Gasteiger partial charge on any atom is -0.349 e. The van der Waals surface area contributed by atoms with Crippen LogP contribution in [0.5, 0.6) is 0 Å². The third-order valence-electron chi connectivity index (χ3n) is 3.53. The molecule has 2 rings (SSSR count). The first-order valence-corrected chi connectivity index (χ1v) is 8.04. The Kier molecular flexibility index (Phi) is 4.29. The lowest BCUT2D eigenvalue weighted by Gasteiger charge is -2.12. The Hall–Kier alpha value is -0.890. The van der Waals surface area contributed by atoms with E-state index in [0.717, 1.165) is 25.2 Å². The fourth-order valence-electron chi connectivity index (χ4n) is 2.46. The van der Waals surface area contributed by atoms with Crippen molar-refractivity contribution >= 4 is 10.0 Å². The monoisotopic (exact) mass is 286 g/mol. The molecule has 0 saturated carbocycles. The molecule has 1 atom stereocenters. The molecule has 1 unspecified atom stereocenters. The highest BCUT2D eigenvalue weighted by Gasteiger charge is 2.26. The number of aromatic nitrogens is 1. The van der Waals surface area contributed by atoms with Crippen molar-refractivity contribution in [1.82, 2.24) is 14.2 Å². The molecule has 1 saturated heterocycles. The normalized spacial score (nSPS) is 21.1. The third kappa shape index (κ3) is 3.17. The van der Waals surface area contributed by atoms with E-state index in [9.17, 15) is 8.42 Å². The van der Waals surface area contributed by atoms with Crippen molar-refractivity contribution in [2.75, 3.05) is 20.1 Å². The summed E-state index contributed by atoms with van der Waals surface area (Å²) in [6.07, 6.45) is 2.51. The number of nitrogens with one attached hydrogen (secondary N) is 1. The largest absolute Gasteiger partial charge is 0.349 e. The van der Waals surface area contributed by atoms with Gasteiger partial charge in [-0.05, 0) is 33.0 Å². The summed E-state index contributed by atoms with van der Waals surface area (Å²) in [5.74, 6) is 0. The van der Waals surface area contributed by atoms with E-state index < -0.39 is 10.0 Å². The van der Waals surface area contributed by atoms with Gasteiger partial charge in [-0.2, -0.15) is 0 Å². The van der Waals surface area contributed by atoms with Crippen LogP contribution in [0.2, 0.25) is 0 Å². The van der Waals surface area contributed by atoms with Crippen LogP contribution in [-0.4, -0.2) is 44.1 Å². The van der Waals surface area contributed by atoms with Crippen molar-refractivity contribution in [2.45, 2.75) is 37.4 Å². The maximum Gasteiger partial charge on any atom is 0.242 e. The first-order chi connectivity index (χ1) is 8.96. The molecule has 0 spiro atoms. The van der Waals surface area contributed by atoms with Crippen LogP contribution in [0.4, 0.5) is 0 Å². The first kappa shape index (κ1) is 14.5. The second kappa shape index (κ2) is 5.62. The van der Waals surface area contributed by atoms with Gasteiger partial charge in [-0.25, -0.2) is 13.1 Å². The number of aryl methyl sites for hydroxylation is 1. The smallest absolute Gasteiger partial charge is 0.242 e. The maximum absolute atomic E-state index is 12.3. The molecule has 0 aliphatic carbocycles. The fourth-order valence-corrected chi connectivity index (χ4v) is 3.78. The second-order valence-electron chi connectivity index (χ2n) is 5.03. The molecule has 7 heteroatoms. The molecule has 6 nitrogen and oxygen atoms in total. The van der Waals surface area contributed by atoms with Gasteiger partial charge in [0, 0.05) is 37.6 Å². The predicted molar refractivity (Wildman–Crippen MR) is 74.2 cm³/mol. The first-order valence-electron chi connectivity index (χ1n) is 6.56. The van der Waals surface area contributed by atoms with Gasteiger partial charge in [-0.3, -0.25) is 0 Å². The van der Waals surface area contributed by atoms with Crippen molar-refractivity contribution in [3.63, 3.8) is 0 Å². The zero-order valence-corrected chi connectivity index (χ0v) is 12.3. The molecule has 2 heterocycles. The minimum absolute atomic E-state index is 0.00121. The Morgan fingerprint density at radius 3 is 2.74 bits per heavy atom. The maximum atomic E-state index is 12.3. The van der Waals surface area contributed by atoms with Gasteiger partial charge in [0.1, 0.15) is 0 Å². The SMILES string of the molecule is CCn1cc(S(=O)(=O)NC2CCN(C)C2)cc1CN. The topological polar surface area (TPSA) is 80.4 Å². The standard InChI is InChI=1S/C12H22N4O2S/c1-3-16-9-12(6-11(16)7-13)19(17,18)14-10-4-5-15(2)8-10/h6,9-10,14H,3-5,7-8,13H2,1-2H3. The second-order valence-corrected chi connectivity index (χ2v) is 6.74. The van der Waals surface area contributed by atoms with E-state index in [1.165, 1.54) is 0 Å². The molecular weight excluding hydrogens is 264 g/mol. The van der Waals surface area contributed by atoms with Gasteiger partial charge in [-0.15, -0.1) is 0 Å². The zero-order chi connectivity index (χ0) is 14.0. The average Bonchev–Trinajstić information content (AvgIpc) is 2.94. The molecule has 1 aromatic heterocycles. The summed E-state index contributed by atoms with van der Waals surface area (Å²) in [5, 5.41) is 0. The van der Waals surface area contributed by atoms with Crippen molar-refractivity contribution in [3.05, 3.63) is 18.0 Å². The van der Waals surface area contributed by atoms with Crippen LogP contribution in [0.3, 0.4) is 0 Å². The van der Waals surface area contributed by atoms with Crippen LogP contribution in [-0.2, 0) is 23.1 Å². The van der Waals surface area contributed by atoms with Gasteiger partial charge in [0.15, 0.2) is 0 Å². The van der Waals surface area contributed by atoms with E-state index in [2.05, 4.69) is 9.62 Å². The van der Waals surface area contributed by atoms with Crippen molar-refractivity contribution < 1.29 is 8.42 Å². The van der Waals surface area contributed by atoms with Crippen LogP contribution in [0.25, 0.3) is 0 Å². The third-order valence-corrected chi connectivity index (χ3v) is 5.02. The summed E-state index contributed by atoms with van der Waals surface area (Å²) < 4.78 is 29.3. The molecule has 0 radical (unpaired) electrons. The number of sulfonamides is 1. The molecule has 1 aliphatic rings. The molecule has 1 aromatic rings. The van der Waals surface area contributed by atoms with Gasteiger partial charge in [0.2, 0.25) is 10.0 Å². The highest BCUT2D eigenvalue weighted by molar-refractivity contribution is 7.89. The summed E-state index contributed by atoms with van der Waals surface area (Å²) in [6.45, 7) is 4.72. The number of likely N-dealkylation sites (N-methyl/N-ethyl adjacent to an activating group) is 1. The molecule has 0 aromatic carbocycles. The quantitative estimate of drug-likeness (QED) is 0.795. The van der Waals surface area contributed by atoms with Crippen LogP contribution in [0.15, 0.2) is 17.2 Å². The molecule has 108 valence electrons. The molecule has 1 fully saturated rings. The van der Waals surface area contributed by atoms with E-state index in [0.29, 0.717) is 18.0 Å². The highest BCUT2D eigenvalue weighted by Crippen LogP contribution is 2.16. The van der Waals surface area contributed by atoms with E-state index >= 15 is 0 Å². The number of likely N-dealkylation sites (tertiary alicyclic amines) is 1. The number of hydrogen-bond donors (Lipinski definition) is 2. The van der Waals surface area contributed by atoms with Crippen LogP contribution in [0, 0.1) is 0 Å². The summed E-state index contributed by atoms with van der Waals surface area (Å²) >= 11 is 0. The molecule has 19 heavy (non-hydrogen) atoms. The summed E-state index contributed by atoms with van der Waals surface area (Å²) in [4.78, 5) is 2.43. The zero-order valence-electron chi connectivity index (χ0n) is 11.5. The number of hydrogen-bond acceptors (Lipinski definition) is 4. The van der Waals surface area contributed by atoms with E-state index in [4.69, 9.17) is 5.73 Å². The molecular formula is C12H22N4O2S. The van der Waals surface area contributed by atoms with Gasteiger partial charge in [0.05, 0.1) is 4.90 Å². The number of rotatable bonds is 5. The Bertz CT molecular complexity index is 516. The van der Waals surface area contributed by atoms with Gasteiger partial charge < -0.3 is 15.2 Å². The lowest BCUT2D eigenvalue weighted by molar-refractivity contribution is 0.407. The summed E-state index contributed by atoms with van der Waals surface area (Å²) in [6, 6.07) is 1.66. The number of nitrogens with zero attached hydrogens (tertiary/aromatic N) is 2. The Morgan fingerprint density at radius 2 is 2.26 bits per heavy atom. The van der Waals surface area contributed by atoms with Gasteiger partial charge in [0.25, 0.3) is 0 Å². The minimum atomic E-state index is -3.44. The van der Waals surface area contributed by atoms with Gasteiger partial charge in [-0.1, -0.05) is 0 Å². The number of nitrogens with two attached hydrogens (primary N) is 1. The van der Waals surface area contributed by atoms with E-state index in [1.807, 2.05) is 18.5 Å². The highest BCUT2D eigenvalue weighted by atomic mass is 32.2. The summed E-state index contributed by atoms with van der Waals surface area (Å²) in [7, 11) is -1.45. The Labute approximate surface area is 114 Å².